The second kappa shape index (κ2) is 7.21. The summed E-state index contributed by atoms with van der Waals surface area (Å²) >= 11 is 0. The molecule has 2 rings (SSSR count). The summed E-state index contributed by atoms with van der Waals surface area (Å²) in [6.07, 6.45) is 1.73. The molecule has 7 heteroatoms. The van der Waals surface area contributed by atoms with Crippen molar-refractivity contribution < 1.29 is 18.3 Å². The monoisotopic (exact) mass is 326 g/mol. The molecule has 1 saturated carbocycles. The van der Waals surface area contributed by atoms with E-state index in [1.165, 1.54) is 12.1 Å². The Bertz CT molecular complexity index is 599. The number of rotatable bonds is 8. The minimum Gasteiger partial charge on any atom is -0.383 e. The fourth-order valence-corrected chi connectivity index (χ4v) is 3.18. The standard InChI is InChI=1S/C15H22N2O4S/c1-2-6-14(18)15(19)17(11-12-9-10-12)16-22(20,21)13-7-4-3-5-8-13/h3-5,7-8,12,14,16,18H,2,6,9-11H2,1H3. The molecule has 1 atom stereocenters. The second-order valence-corrected chi connectivity index (χ2v) is 7.27. The fraction of sp³-hybridized carbons (Fsp3) is 0.533. The number of amides is 1. The molecular weight excluding hydrogens is 304 g/mol. The van der Waals surface area contributed by atoms with E-state index in [-0.39, 0.29) is 4.90 Å². The van der Waals surface area contributed by atoms with Gasteiger partial charge in [-0.2, -0.15) is 0 Å². The van der Waals surface area contributed by atoms with Gasteiger partial charge in [0, 0.05) is 6.54 Å². The van der Waals surface area contributed by atoms with Crippen molar-refractivity contribution in [3.63, 3.8) is 0 Å². The largest absolute Gasteiger partial charge is 0.383 e. The number of benzene rings is 1. The van der Waals surface area contributed by atoms with Crippen molar-refractivity contribution in [2.45, 2.75) is 43.6 Å². The fourth-order valence-electron chi connectivity index (χ4n) is 2.11. The maximum atomic E-state index is 12.3. The van der Waals surface area contributed by atoms with Gasteiger partial charge < -0.3 is 5.11 Å². The van der Waals surface area contributed by atoms with Crippen LogP contribution in [0.1, 0.15) is 32.6 Å². The van der Waals surface area contributed by atoms with E-state index in [9.17, 15) is 18.3 Å². The van der Waals surface area contributed by atoms with Gasteiger partial charge >= 0.3 is 0 Å². The predicted octanol–water partition coefficient (Wildman–Crippen LogP) is 1.28. The molecule has 0 heterocycles. The Hall–Kier alpha value is -1.44. The van der Waals surface area contributed by atoms with Crippen LogP contribution in [0.4, 0.5) is 0 Å². The van der Waals surface area contributed by atoms with E-state index >= 15 is 0 Å². The van der Waals surface area contributed by atoms with Gasteiger partial charge in [-0.25, -0.2) is 8.42 Å². The lowest BCUT2D eigenvalue weighted by Crippen LogP contribution is -2.51. The highest BCUT2D eigenvalue weighted by Crippen LogP contribution is 2.29. The van der Waals surface area contributed by atoms with Crippen LogP contribution in [-0.4, -0.2) is 37.1 Å². The third-order valence-corrected chi connectivity index (χ3v) is 4.89. The second-order valence-electron chi connectivity index (χ2n) is 5.60. The number of sulfonamides is 1. The Labute approximate surface area is 131 Å². The molecule has 0 spiro atoms. The molecule has 2 N–H and O–H groups in total. The van der Waals surface area contributed by atoms with Crippen molar-refractivity contribution >= 4 is 15.9 Å². The van der Waals surface area contributed by atoms with E-state index in [2.05, 4.69) is 4.83 Å². The molecule has 0 aliphatic heterocycles. The molecule has 122 valence electrons. The highest BCUT2D eigenvalue weighted by molar-refractivity contribution is 7.89. The van der Waals surface area contributed by atoms with E-state index in [1.54, 1.807) is 18.2 Å². The number of carbonyl (C=O) groups is 1. The van der Waals surface area contributed by atoms with Gasteiger partial charge in [0.1, 0.15) is 6.10 Å². The van der Waals surface area contributed by atoms with Gasteiger partial charge in [0.2, 0.25) is 0 Å². The molecule has 1 fully saturated rings. The summed E-state index contributed by atoms with van der Waals surface area (Å²) in [5, 5.41) is 10.9. The van der Waals surface area contributed by atoms with Crippen molar-refractivity contribution in [3.8, 4) is 0 Å². The first-order valence-corrected chi connectivity index (χ1v) is 8.99. The minimum absolute atomic E-state index is 0.0913. The van der Waals surface area contributed by atoms with Crippen LogP contribution in [0.25, 0.3) is 0 Å². The zero-order valence-corrected chi connectivity index (χ0v) is 13.4. The highest BCUT2D eigenvalue weighted by atomic mass is 32.2. The number of nitrogens with zero attached hydrogens (tertiary/aromatic N) is 1. The van der Waals surface area contributed by atoms with Gasteiger partial charge in [0.25, 0.3) is 15.9 Å². The number of aliphatic hydroxyl groups excluding tert-OH is 1. The van der Waals surface area contributed by atoms with Crippen LogP contribution in [0.3, 0.4) is 0 Å². The summed E-state index contributed by atoms with van der Waals surface area (Å²) < 4.78 is 24.7. The predicted molar refractivity (Wildman–Crippen MR) is 82.1 cm³/mol. The van der Waals surface area contributed by atoms with Gasteiger partial charge in [-0.3, -0.25) is 9.80 Å². The van der Waals surface area contributed by atoms with Crippen molar-refractivity contribution in [2.24, 2.45) is 5.92 Å². The van der Waals surface area contributed by atoms with Gasteiger partial charge in [-0.1, -0.05) is 31.5 Å². The summed E-state index contributed by atoms with van der Waals surface area (Å²) in [7, 11) is -3.83. The number of carbonyl (C=O) groups excluding carboxylic acids is 1. The lowest BCUT2D eigenvalue weighted by molar-refractivity contribution is -0.142. The van der Waals surface area contributed by atoms with Gasteiger partial charge in [-0.15, -0.1) is 4.83 Å². The number of nitrogens with one attached hydrogen (secondary N) is 1. The molecular formula is C15H22N2O4S. The van der Waals surface area contributed by atoms with E-state index in [0.717, 1.165) is 17.9 Å². The normalized spacial score (nSPS) is 16.3. The van der Waals surface area contributed by atoms with Crippen LogP contribution in [0.5, 0.6) is 0 Å². The maximum Gasteiger partial charge on any atom is 0.266 e. The minimum atomic E-state index is -3.83. The summed E-state index contributed by atoms with van der Waals surface area (Å²) in [6, 6.07) is 7.88. The lowest BCUT2D eigenvalue weighted by atomic mass is 10.2. The highest BCUT2D eigenvalue weighted by Gasteiger charge is 2.32. The summed E-state index contributed by atoms with van der Waals surface area (Å²) in [4.78, 5) is 14.7. The first-order chi connectivity index (χ1) is 10.4. The van der Waals surface area contributed by atoms with Crippen molar-refractivity contribution in [1.29, 1.82) is 0 Å². The average molecular weight is 326 g/mol. The zero-order valence-electron chi connectivity index (χ0n) is 12.6. The molecule has 1 amide bonds. The number of hydrogen-bond donors (Lipinski definition) is 2. The van der Waals surface area contributed by atoms with E-state index in [0.29, 0.717) is 25.3 Å². The van der Waals surface area contributed by atoms with Crippen LogP contribution < -0.4 is 4.83 Å². The first kappa shape index (κ1) is 16.9. The Morgan fingerprint density at radius 3 is 2.55 bits per heavy atom. The molecule has 1 aliphatic rings. The SMILES string of the molecule is CCCC(O)C(=O)N(CC1CC1)NS(=O)(=O)c1ccccc1. The molecule has 1 aromatic carbocycles. The molecule has 0 saturated heterocycles. The Morgan fingerprint density at radius 2 is 2.00 bits per heavy atom. The molecule has 1 aromatic rings. The Kier molecular flexibility index (Phi) is 5.55. The number of aliphatic hydroxyl groups is 1. The number of hydrogen-bond acceptors (Lipinski definition) is 4. The van der Waals surface area contributed by atoms with Crippen LogP contribution in [0.15, 0.2) is 35.2 Å². The molecule has 0 aromatic heterocycles. The molecule has 1 unspecified atom stereocenters. The Balaban J connectivity index is 2.13. The van der Waals surface area contributed by atoms with Crippen LogP contribution >= 0.6 is 0 Å². The maximum absolute atomic E-state index is 12.3. The first-order valence-electron chi connectivity index (χ1n) is 7.51. The quantitative estimate of drug-likeness (QED) is 0.705. The Morgan fingerprint density at radius 1 is 1.36 bits per heavy atom. The molecule has 0 radical (unpaired) electrons. The molecule has 0 bridgehead atoms. The summed E-state index contributed by atoms with van der Waals surface area (Å²) in [5.74, 6) is -0.287. The smallest absolute Gasteiger partial charge is 0.266 e. The summed E-state index contributed by atoms with van der Waals surface area (Å²) in [5.41, 5.74) is 0. The van der Waals surface area contributed by atoms with Gasteiger partial charge in [0.05, 0.1) is 4.90 Å². The lowest BCUT2D eigenvalue weighted by Gasteiger charge is -2.25. The average Bonchev–Trinajstić information content (AvgIpc) is 3.31. The third kappa shape index (κ3) is 4.53. The zero-order chi connectivity index (χ0) is 16.2. The van der Waals surface area contributed by atoms with Crippen molar-refractivity contribution in [3.05, 3.63) is 30.3 Å². The van der Waals surface area contributed by atoms with E-state index in [1.807, 2.05) is 6.92 Å². The van der Waals surface area contributed by atoms with E-state index < -0.39 is 22.0 Å². The summed E-state index contributed by atoms with van der Waals surface area (Å²) in [6.45, 7) is 2.15. The third-order valence-electron chi connectivity index (χ3n) is 3.53. The van der Waals surface area contributed by atoms with Gasteiger partial charge in [0.15, 0.2) is 0 Å². The van der Waals surface area contributed by atoms with Crippen molar-refractivity contribution in [2.75, 3.05) is 6.54 Å². The van der Waals surface area contributed by atoms with Gasteiger partial charge in [-0.05, 0) is 37.3 Å². The van der Waals surface area contributed by atoms with E-state index in [4.69, 9.17) is 0 Å². The van der Waals surface area contributed by atoms with Crippen LogP contribution in [0, 0.1) is 5.92 Å². The van der Waals surface area contributed by atoms with Crippen LogP contribution in [0.2, 0.25) is 0 Å². The topological polar surface area (TPSA) is 86.7 Å². The van der Waals surface area contributed by atoms with Crippen molar-refractivity contribution in [1.82, 2.24) is 9.84 Å². The van der Waals surface area contributed by atoms with Crippen LogP contribution in [-0.2, 0) is 14.8 Å². The molecule has 22 heavy (non-hydrogen) atoms. The number of hydrazine groups is 1. The molecule has 1 aliphatic carbocycles. The molecule has 6 nitrogen and oxygen atoms in total.